The maximum atomic E-state index is 11.9. The highest BCUT2D eigenvalue weighted by atomic mass is 16.1. The van der Waals surface area contributed by atoms with Crippen molar-refractivity contribution in [3.05, 3.63) is 41.6 Å². The number of aromatic nitrogens is 2. The Morgan fingerprint density at radius 3 is 2.64 bits per heavy atom. The molecule has 1 heterocycles. The van der Waals surface area contributed by atoms with Gasteiger partial charge in [0.15, 0.2) is 0 Å². The molecule has 0 unspecified atom stereocenters. The molecular formula is C20H30N4O. The highest BCUT2D eigenvalue weighted by Crippen LogP contribution is 2.22. The van der Waals surface area contributed by atoms with Crippen molar-refractivity contribution >= 4 is 5.91 Å². The van der Waals surface area contributed by atoms with Gasteiger partial charge in [0, 0.05) is 18.2 Å². The Hall–Kier alpha value is -2.14. The fourth-order valence-electron chi connectivity index (χ4n) is 2.83. The Balaban J connectivity index is 2.03. The number of aromatic amines is 1. The molecule has 5 heteroatoms. The van der Waals surface area contributed by atoms with E-state index in [-0.39, 0.29) is 11.9 Å². The molecule has 0 aliphatic rings. The van der Waals surface area contributed by atoms with E-state index in [1.807, 2.05) is 32.2 Å². The summed E-state index contributed by atoms with van der Waals surface area (Å²) in [6.45, 7) is 8.12. The smallest absolute Gasteiger partial charge is 0.224 e. The first-order chi connectivity index (χ1) is 12.0. The normalized spacial score (nSPS) is 11.3. The number of rotatable bonds is 9. The molecule has 2 aromatic rings. The predicted octanol–water partition coefficient (Wildman–Crippen LogP) is 3.38. The number of hydrogen-bond donors (Lipinski definition) is 2. The summed E-state index contributed by atoms with van der Waals surface area (Å²) in [7, 11) is 2.14. The summed E-state index contributed by atoms with van der Waals surface area (Å²) in [5, 5.41) is 10.3. The zero-order valence-electron chi connectivity index (χ0n) is 15.8. The summed E-state index contributed by atoms with van der Waals surface area (Å²) in [5.74, 6) is 0.0579. The molecule has 1 aromatic heterocycles. The largest absolute Gasteiger partial charge is 0.354 e. The summed E-state index contributed by atoms with van der Waals surface area (Å²) >= 11 is 0. The second kappa shape index (κ2) is 9.37. The molecule has 0 saturated heterocycles. The third-order valence-corrected chi connectivity index (χ3v) is 4.11. The summed E-state index contributed by atoms with van der Waals surface area (Å²) in [4.78, 5) is 14.2. The standard InChI is InChI=1S/C20H30N4O/c1-5-6-11-24(4)14-18-13-21-23-20(18)17-9-7-16(8-10-17)12-19(25)22-15(2)3/h7-10,13,15H,5-6,11-12,14H2,1-4H3,(H,21,23)(H,22,25). The van der Waals surface area contributed by atoms with E-state index in [0.29, 0.717) is 6.42 Å². The molecule has 0 aliphatic heterocycles. The SMILES string of the molecule is CCCCN(C)Cc1cn[nH]c1-c1ccc(CC(=O)NC(C)C)cc1. The van der Waals surface area contributed by atoms with Crippen LogP contribution in [-0.2, 0) is 17.8 Å². The van der Waals surface area contributed by atoms with Crippen molar-refractivity contribution in [2.45, 2.75) is 52.6 Å². The molecule has 25 heavy (non-hydrogen) atoms. The van der Waals surface area contributed by atoms with Crippen LogP contribution < -0.4 is 5.32 Å². The van der Waals surface area contributed by atoms with Crippen LogP contribution in [-0.4, -0.2) is 40.6 Å². The van der Waals surface area contributed by atoms with Crippen molar-refractivity contribution in [2.75, 3.05) is 13.6 Å². The average molecular weight is 342 g/mol. The lowest BCUT2D eigenvalue weighted by Gasteiger charge is -2.16. The summed E-state index contributed by atoms with van der Waals surface area (Å²) < 4.78 is 0. The van der Waals surface area contributed by atoms with Gasteiger partial charge in [0.2, 0.25) is 5.91 Å². The lowest BCUT2D eigenvalue weighted by Crippen LogP contribution is -2.31. The fraction of sp³-hybridized carbons (Fsp3) is 0.500. The Labute approximate surface area is 150 Å². The number of benzene rings is 1. The van der Waals surface area contributed by atoms with Crippen molar-refractivity contribution in [3.63, 3.8) is 0 Å². The van der Waals surface area contributed by atoms with E-state index < -0.39 is 0 Å². The van der Waals surface area contributed by atoms with Crippen LogP contribution in [0.25, 0.3) is 11.3 Å². The van der Waals surface area contributed by atoms with Crippen LogP contribution in [0.2, 0.25) is 0 Å². The van der Waals surface area contributed by atoms with E-state index in [2.05, 4.69) is 46.5 Å². The fourth-order valence-corrected chi connectivity index (χ4v) is 2.83. The van der Waals surface area contributed by atoms with Gasteiger partial charge >= 0.3 is 0 Å². The van der Waals surface area contributed by atoms with Gasteiger partial charge in [-0.1, -0.05) is 37.6 Å². The van der Waals surface area contributed by atoms with Gasteiger partial charge in [0.1, 0.15) is 0 Å². The van der Waals surface area contributed by atoms with Gasteiger partial charge in [0.05, 0.1) is 18.3 Å². The Morgan fingerprint density at radius 2 is 2.00 bits per heavy atom. The van der Waals surface area contributed by atoms with Crippen molar-refractivity contribution in [1.82, 2.24) is 20.4 Å². The third kappa shape index (κ3) is 6.02. The summed E-state index contributed by atoms with van der Waals surface area (Å²) in [6.07, 6.45) is 4.72. The van der Waals surface area contributed by atoms with Gasteiger partial charge in [-0.25, -0.2) is 0 Å². The van der Waals surface area contributed by atoms with E-state index in [1.54, 1.807) is 0 Å². The van der Waals surface area contributed by atoms with Crippen LogP contribution in [0, 0.1) is 0 Å². The van der Waals surface area contributed by atoms with Crippen LogP contribution in [0.5, 0.6) is 0 Å². The minimum absolute atomic E-state index is 0.0579. The minimum Gasteiger partial charge on any atom is -0.354 e. The Morgan fingerprint density at radius 1 is 1.28 bits per heavy atom. The molecule has 1 amide bonds. The van der Waals surface area contributed by atoms with Gasteiger partial charge in [0.25, 0.3) is 0 Å². The average Bonchev–Trinajstić information content (AvgIpc) is 3.01. The van der Waals surface area contributed by atoms with E-state index in [0.717, 1.165) is 29.9 Å². The first-order valence-electron chi connectivity index (χ1n) is 9.09. The first kappa shape index (κ1) is 19.2. The van der Waals surface area contributed by atoms with E-state index in [4.69, 9.17) is 0 Å². The molecule has 0 spiro atoms. The van der Waals surface area contributed by atoms with Crippen LogP contribution in [0.1, 0.15) is 44.7 Å². The number of carbonyl (C=O) groups excluding carboxylic acids is 1. The molecular weight excluding hydrogens is 312 g/mol. The maximum Gasteiger partial charge on any atom is 0.224 e. The zero-order valence-corrected chi connectivity index (χ0v) is 15.8. The third-order valence-electron chi connectivity index (χ3n) is 4.11. The number of unbranched alkanes of at least 4 members (excludes halogenated alkanes) is 1. The number of H-pyrrole nitrogens is 1. The molecule has 1 aromatic carbocycles. The van der Waals surface area contributed by atoms with Crippen LogP contribution in [0.4, 0.5) is 0 Å². The number of hydrogen-bond acceptors (Lipinski definition) is 3. The molecule has 5 nitrogen and oxygen atoms in total. The molecule has 2 N–H and O–H groups in total. The molecule has 0 bridgehead atoms. The summed E-state index contributed by atoms with van der Waals surface area (Å²) in [6, 6.07) is 8.31. The number of carbonyl (C=O) groups is 1. The van der Waals surface area contributed by atoms with Gasteiger partial charge < -0.3 is 10.2 Å². The van der Waals surface area contributed by atoms with Crippen molar-refractivity contribution in [1.29, 1.82) is 0 Å². The van der Waals surface area contributed by atoms with E-state index in [9.17, 15) is 4.79 Å². The molecule has 0 radical (unpaired) electrons. The van der Waals surface area contributed by atoms with E-state index in [1.165, 1.54) is 18.4 Å². The van der Waals surface area contributed by atoms with Crippen molar-refractivity contribution < 1.29 is 4.79 Å². The topological polar surface area (TPSA) is 61.0 Å². The van der Waals surface area contributed by atoms with E-state index >= 15 is 0 Å². The van der Waals surface area contributed by atoms with Crippen LogP contribution in [0.15, 0.2) is 30.5 Å². The number of nitrogens with zero attached hydrogens (tertiary/aromatic N) is 2. The Kier molecular flexibility index (Phi) is 7.19. The molecule has 0 aliphatic carbocycles. The summed E-state index contributed by atoms with van der Waals surface area (Å²) in [5.41, 5.74) is 4.37. The van der Waals surface area contributed by atoms with Crippen molar-refractivity contribution in [2.24, 2.45) is 0 Å². The lowest BCUT2D eigenvalue weighted by molar-refractivity contribution is -0.120. The Bertz CT molecular complexity index is 661. The lowest BCUT2D eigenvalue weighted by atomic mass is 10.0. The van der Waals surface area contributed by atoms with Crippen LogP contribution >= 0.6 is 0 Å². The van der Waals surface area contributed by atoms with Crippen molar-refractivity contribution in [3.8, 4) is 11.3 Å². The molecule has 136 valence electrons. The second-order valence-corrected chi connectivity index (χ2v) is 6.96. The first-order valence-corrected chi connectivity index (χ1v) is 9.09. The minimum atomic E-state index is 0.0579. The van der Waals surface area contributed by atoms with Crippen LogP contribution in [0.3, 0.4) is 0 Å². The number of amides is 1. The molecule has 2 rings (SSSR count). The predicted molar refractivity (Wildman–Crippen MR) is 102 cm³/mol. The highest BCUT2D eigenvalue weighted by molar-refractivity contribution is 5.79. The maximum absolute atomic E-state index is 11.9. The highest BCUT2D eigenvalue weighted by Gasteiger charge is 2.11. The monoisotopic (exact) mass is 342 g/mol. The molecule has 0 fully saturated rings. The number of nitrogens with one attached hydrogen (secondary N) is 2. The van der Waals surface area contributed by atoms with Gasteiger partial charge in [-0.15, -0.1) is 0 Å². The molecule has 0 saturated carbocycles. The van der Waals surface area contributed by atoms with Gasteiger partial charge in [-0.2, -0.15) is 5.10 Å². The molecule has 0 atom stereocenters. The van der Waals surface area contributed by atoms with Gasteiger partial charge in [-0.3, -0.25) is 9.89 Å². The zero-order chi connectivity index (χ0) is 18.2. The van der Waals surface area contributed by atoms with Gasteiger partial charge in [-0.05, 0) is 45.0 Å². The quantitative estimate of drug-likeness (QED) is 0.734. The second-order valence-electron chi connectivity index (χ2n) is 6.96.